The molecule has 7 heteroatoms. The van der Waals surface area contributed by atoms with E-state index in [0.717, 1.165) is 46.2 Å². The van der Waals surface area contributed by atoms with Crippen LogP contribution in [0, 0.1) is 20.8 Å². The van der Waals surface area contributed by atoms with Gasteiger partial charge in [-0.05, 0) is 56.0 Å². The molecular weight excluding hydrogens is 394 g/mol. The summed E-state index contributed by atoms with van der Waals surface area (Å²) in [6, 6.07) is 14.2. The molecule has 1 amide bonds. The molecule has 0 radical (unpaired) electrons. The molecule has 3 aromatic rings. The van der Waals surface area contributed by atoms with E-state index in [1.54, 1.807) is 0 Å². The van der Waals surface area contributed by atoms with E-state index in [-0.39, 0.29) is 17.2 Å². The van der Waals surface area contributed by atoms with Gasteiger partial charge in [-0.3, -0.25) is 4.79 Å². The number of nitrogens with one attached hydrogen (secondary N) is 2. The molecule has 4 rings (SSSR count). The minimum absolute atomic E-state index is 0.0469. The van der Waals surface area contributed by atoms with Gasteiger partial charge >= 0.3 is 0 Å². The fraction of sp³-hybridized carbons (Fsp3) is 0.348. The van der Waals surface area contributed by atoms with Gasteiger partial charge in [-0.2, -0.15) is 0 Å². The molecule has 0 bridgehead atoms. The number of anilines is 1. The van der Waals surface area contributed by atoms with Crippen LogP contribution in [0.2, 0.25) is 0 Å². The van der Waals surface area contributed by atoms with E-state index in [9.17, 15) is 4.79 Å². The molecule has 156 valence electrons. The Labute approximate surface area is 181 Å². The molecular formula is C23H27N5OS. The van der Waals surface area contributed by atoms with Crippen molar-refractivity contribution in [2.45, 2.75) is 57.0 Å². The van der Waals surface area contributed by atoms with Crippen LogP contribution in [0.1, 0.15) is 47.5 Å². The highest BCUT2D eigenvalue weighted by Gasteiger charge is 2.37. The molecule has 0 aliphatic carbocycles. The molecule has 1 aliphatic heterocycles. The van der Waals surface area contributed by atoms with E-state index < -0.39 is 0 Å². The zero-order valence-electron chi connectivity index (χ0n) is 17.8. The number of carbonyl (C=O) groups is 1. The molecule has 0 saturated carbocycles. The number of thioether (sulfide) groups is 1. The van der Waals surface area contributed by atoms with Crippen LogP contribution in [0.5, 0.6) is 0 Å². The third kappa shape index (κ3) is 4.21. The zero-order valence-corrected chi connectivity index (χ0v) is 18.6. The number of nitrogens with zero attached hydrogens (tertiary/aromatic N) is 3. The third-order valence-corrected chi connectivity index (χ3v) is 6.38. The van der Waals surface area contributed by atoms with Crippen LogP contribution in [0.15, 0.2) is 47.6 Å². The van der Waals surface area contributed by atoms with Gasteiger partial charge in [0.2, 0.25) is 11.1 Å². The first-order valence-electron chi connectivity index (χ1n) is 10.3. The quantitative estimate of drug-likeness (QED) is 0.632. The van der Waals surface area contributed by atoms with Crippen LogP contribution in [-0.2, 0) is 11.2 Å². The van der Waals surface area contributed by atoms with Gasteiger partial charge in [-0.15, -0.1) is 10.2 Å². The molecule has 0 saturated heterocycles. The second-order valence-corrected chi connectivity index (χ2v) is 9.01. The largest absolute Gasteiger partial charge is 0.325 e. The number of hydrogen-bond donors (Lipinski definition) is 2. The number of fused-ring (bicyclic) bond motifs is 1. The van der Waals surface area contributed by atoms with E-state index in [4.69, 9.17) is 0 Å². The van der Waals surface area contributed by atoms with Crippen molar-refractivity contribution in [3.63, 3.8) is 0 Å². The monoisotopic (exact) mass is 421 g/mol. The summed E-state index contributed by atoms with van der Waals surface area (Å²) in [6.45, 7) is 8.25. The second kappa shape index (κ2) is 8.52. The lowest BCUT2D eigenvalue weighted by atomic mass is 10.0. The Bertz CT molecular complexity index is 1040. The fourth-order valence-corrected chi connectivity index (χ4v) is 4.87. The number of benzene rings is 2. The van der Waals surface area contributed by atoms with Gasteiger partial charge in [0.15, 0.2) is 5.82 Å². The Morgan fingerprint density at radius 1 is 1.07 bits per heavy atom. The van der Waals surface area contributed by atoms with Crippen LogP contribution in [0.3, 0.4) is 0 Å². The Morgan fingerprint density at radius 3 is 2.43 bits per heavy atom. The number of aromatic nitrogens is 3. The van der Waals surface area contributed by atoms with Gasteiger partial charge in [0.1, 0.15) is 5.25 Å². The van der Waals surface area contributed by atoms with Gasteiger partial charge in [0, 0.05) is 12.1 Å². The van der Waals surface area contributed by atoms with Crippen molar-refractivity contribution < 1.29 is 4.79 Å². The van der Waals surface area contributed by atoms with Gasteiger partial charge < -0.3 is 10.7 Å². The second-order valence-electron chi connectivity index (χ2n) is 7.91. The maximum Gasteiger partial charge on any atom is 0.240 e. The summed E-state index contributed by atoms with van der Waals surface area (Å²) in [5.41, 5.74) is 8.84. The average molecular weight is 422 g/mol. The topological polar surface area (TPSA) is 71.8 Å². The number of aryl methyl sites for hydroxylation is 4. The maximum absolute atomic E-state index is 13.4. The number of hydrogen-bond acceptors (Lipinski definition) is 5. The standard InChI is InChI=1S/C23H27N5OS/c1-5-6-19-25-26-23-28(19)27-20(17-9-7-14(2)8-10-17)21(30-23)22(29)24-18-12-15(3)11-16(4)13-18/h7-13,20-21,27H,5-6H2,1-4H3,(H,24,29)/t20-,21+/m1/s1. The Hall–Kier alpha value is -2.80. The molecule has 6 nitrogen and oxygen atoms in total. The van der Waals surface area contributed by atoms with Crippen molar-refractivity contribution in [3.05, 3.63) is 70.5 Å². The minimum atomic E-state index is -0.375. The first-order valence-corrected chi connectivity index (χ1v) is 11.2. The summed E-state index contributed by atoms with van der Waals surface area (Å²) in [7, 11) is 0. The van der Waals surface area contributed by atoms with Crippen LogP contribution in [0.4, 0.5) is 5.69 Å². The van der Waals surface area contributed by atoms with Gasteiger partial charge in [-0.25, -0.2) is 4.68 Å². The van der Waals surface area contributed by atoms with Crippen molar-refractivity contribution in [2.75, 3.05) is 10.7 Å². The Balaban J connectivity index is 1.67. The lowest BCUT2D eigenvalue weighted by Crippen LogP contribution is -2.41. The molecule has 1 aromatic heterocycles. The molecule has 2 heterocycles. The van der Waals surface area contributed by atoms with Crippen LogP contribution in [0.25, 0.3) is 0 Å². The predicted molar refractivity (Wildman–Crippen MR) is 121 cm³/mol. The number of carbonyl (C=O) groups excluding carboxylic acids is 1. The first kappa shape index (κ1) is 20.5. The normalized spacial score (nSPS) is 17.9. The molecule has 0 spiro atoms. The van der Waals surface area contributed by atoms with Crippen molar-refractivity contribution in [3.8, 4) is 0 Å². The maximum atomic E-state index is 13.4. The van der Waals surface area contributed by atoms with E-state index in [2.05, 4.69) is 65.1 Å². The lowest BCUT2D eigenvalue weighted by Gasteiger charge is -2.33. The van der Waals surface area contributed by atoms with Crippen LogP contribution in [-0.4, -0.2) is 26.0 Å². The van der Waals surface area contributed by atoms with Crippen molar-refractivity contribution >= 4 is 23.4 Å². The Kier molecular flexibility index (Phi) is 5.81. The minimum Gasteiger partial charge on any atom is -0.325 e. The van der Waals surface area contributed by atoms with E-state index in [0.29, 0.717) is 0 Å². The lowest BCUT2D eigenvalue weighted by molar-refractivity contribution is -0.116. The highest BCUT2D eigenvalue weighted by molar-refractivity contribution is 8.00. The van der Waals surface area contributed by atoms with E-state index in [1.807, 2.05) is 30.7 Å². The molecule has 0 unspecified atom stereocenters. The number of amides is 1. The fourth-order valence-electron chi connectivity index (χ4n) is 3.77. The predicted octanol–water partition coefficient (Wildman–Crippen LogP) is 4.55. The van der Waals surface area contributed by atoms with Crippen LogP contribution >= 0.6 is 11.8 Å². The average Bonchev–Trinajstić information content (AvgIpc) is 3.09. The van der Waals surface area contributed by atoms with Crippen molar-refractivity contribution in [1.29, 1.82) is 0 Å². The van der Waals surface area contributed by atoms with Gasteiger partial charge in [0.05, 0.1) is 6.04 Å². The van der Waals surface area contributed by atoms with E-state index in [1.165, 1.54) is 17.3 Å². The van der Waals surface area contributed by atoms with Crippen LogP contribution < -0.4 is 10.7 Å². The van der Waals surface area contributed by atoms with Crippen molar-refractivity contribution in [1.82, 2.24) is 14.9 Å². The summed E-state index contributed by atoms with van der Waals surface area (Å²) in [5.74, 6) is 0.847. The molecule has 2 aromatic carbocycles. The molecule has 1 aliphatic rings. The molecule has 2 N–H and O–H groups in total. The van der Waals surface area contributed by atoms with E-state index >= 15 is 0 Å². The van der Waals surface area contributed by atoms with Gasteiger partial charge in [-0.1, -0.05) is 54.6 Å². The molecule has 30 heavy (non-hydrogen) atoms. The highest BCUT2D eigenvalue weighted by Crippen LogP contribution is 2.37. The summed E-state index contributed by atoms with van der Waals surface area (Å²) >= 11 is 1.46. The first-order chi connectivity index (χ1) is 14.4. The third-order valence-electron chi connectivity index (χ3n) is 5.16. The highest BCUT2D eigenvalue weighted by atomic mass is 32.2. The summed E-state index contributed by atoms with van der Waals surface area (Å²) in [5, 5.41) is 12.1. The Morgan fingerprint density at radius 2 is 1.77 bits per heavy atom. The summed E-state index contributed by atoms with van der Waals surface area (Å²) in [6.07, 6.45) is 1.82. The summed E-state index contributed by atoms with van der Waals surface area (Å²) in [4.78, 5) is 13.4. The molecule has 2 atom stereocenters. The smallest absolute Gasteiger partial charge is 0.240 e. The zero-order chi connectivity index (χ0) is 21.3. The van der Waals surface area contributed by atoms with Crippen molar-refractivity contribution in [2.24, 2.45) is 0 Å². The number of rotatable bonds is 5. The summed E-state index contributed by atoms with van der Waals surface area (Å²) < 4.78 is 1.94. The molecule has 0 fully saturated rings. The van der Waals surface area contributed by atoms with Gasteiger partial charge in [0.25, 0.3) is 0 Å². The SMILES string of the molecule is CCCc1nnc2n1N[C@H](c1ccc(C)cc1)[C@@H](C(=O)Nc1cc(C)cc(C)c1)S2.